The number of aryl methyl sites for hydroxylation is 2. The number of carbonyl (C=O) groups excluding carboxylic acids is 1. The van der Waals surface area contributed by atoms with Gasteiger partial charge in [0.1, 0.15) is 5.75 Å². The Morgan fingerprint density at radius 3 is 2.39 bits per heavy atom. The molecule has 2 rings (SSSR count). The third-order valence-corrected chi connectivity index (χ3v) is 3.74. The second-order valence-corrected chi connectivity index (χ2v) is 5.81. The molecule has 0 atom stereocenters. The molecule has 0 aliphatic carbocycles. The Morgan fingerprint density at radius 2 is 1.83 bits per heavy atom. The first-order valence-electron chi connectivity index (χ1n) is 6.90. The zero-order chi connectivity index (χ0) is 17.0. The second-order valence-electron chi connectivity index (χ2n) is 4.97. The smallest absolute Gasteiger partial charge is 0.410 e. The van der Waals surface area contributed by atoms with Crippen LogP contribution in [0.4, 0.5) is 10.5 Å². The van der Waals surface area contributed by atoms with Gasteiger partial charge < -0.3 is 10.1 Å². The number of aliphatic imine (C=N–C) groups is 1. The summed E-state index contributed by atoms with van der Waals surface area (Å²) in [6.07, 6.45) is 1.18. The van der Waals surface area contributed by atoms with Crippen molar-refractivity contribution < 1.29 is 9.53 Å². The van der Waals surface area contributed by atoms with Crippen molar-refractivity contribution in [2.75, 3.05) is 7.05 Å². The molecule has 1 N–H and O–H groups in total. The van der Waals surface area contributed by atoms with Crippen molar-refractivity contribution in [1.82, 2.24) is 5.32 Å². The molecule has 0 radical (unpaired) electrons. The fourth-order valence-corrected chi connectivity index (χ4v) is 2.53. The lowest BCUT2D eigenvalue weighted by Crippen LogP contribution is -2.22. The minimum Gasteiger partial charge on any atom is -0.410 e. The number of amides is 1. The molecule has 0 aliphatic rings. The quantitative estimate of drug-likeness (QED) is 0.784. The Hall–Kier alpha value is -2.04. The van der Waals surface area contributed by atoms with Crippen LogP contribution in [0.25, 0.3) is 0 Å². The van der Waals surface area contributed by atoms with E-state index in [0.717, 1.165) is 22.4 Å². The van der Waals surface area contributed by atoms with Crippen molar-refractivity contribution in [3.63, 3.8) is 0 Å². The summed E-state index contributed by atoms with van der Waals surface area (Å²) < 4.78 is 5.14. The number of hydrogen-bond donors (Lipinski definition) is 1. The molecule has 0 aliphatic heterocycles. The molecule has 0 bridgehead atoms. The maximum atomic E-state index is 11.3. The molecular formula is C17H16Cl2N2O2. The van der Waals surface area contributed by atoms with E-state index < -0.39 is 6.09 Å². The summed E-state index contributed by atoms with van der Waals surface area (Å²) in [7, 11) is 1.51. The number of hydrogen-bond acceptors (Lipinski definition) is 3. The normalized spacial score (nSPS) is 10.8. The highest BCUT2D eigenvalue weighted by atomic mass is 35.5. The van der Waals surface area contributed by atoms with Crippen LogP contribution in [0.2, 0.25) is 10.0 Å². The molecule has 0 aromatic heterocycles. The van der Waals surface area contributed by atoms with Crippen LogP contribution in [0, 0.1) is 13.8 Å². The standard InChI is InChI=1S/C17H16Cl2N2O2/c1-10-6-14(23-17(22)20-3)7-11(2)16(10)21-9-12-4-5-13(18)8-15(12)19/h4-9H,1-3H3,(H,20,22)/b21-9+. The average Bonchev–Trinajstić information content (AvgIpc) is 2.48. The molecule has 0 spiro atoms. The predicted octanol–water partition coefficient (Wildman–Crippen LogP) is 5.08. The molecule has 2 aromatic carbocycles. The highest BCUT2D eigenvalue weighted by Gasteiger charge is 2.08. The number of benzene rings is 2. The van der Waals surface area contributed by atoms with Crippen molar-refractivity contribution in [1.29, 1.82) is 0 Å². The van der Waals surface area contributed by atoms with E-state index in [1.54, 1.807) is 30.5 Å². The molecule has 0 saturated carbocycles. The number of carbonyl (C=O) groups is 1. The average molecular weight is 351 g/mol. The van der Waals surface area contributed by atoms with Gasteiger partial charge >= 0.3 is 6.09 Å². The number of rotatable bonds is 3. The first-order chi connectivity index (χ1) is 10.9. The molecule has 6 heteroatoms. The lowest BCUT2D eigenvalue weighted by Gasteiger charge is -2.09. The van der Waals surface area contributed by atoms with Gasteiger partial charge in [-0.2, -0.15) is 0 Å². The minimum absolute atomic E-state index is 0.475. The predicted molar refractivity (Wildman–Crippen MR) is 94.7 cm³/mol. The highest BCUT2D eigenvalue weighted by molar-refractivity contribution is 6.36. The van der Waals surface area contributed by atoms with Gasteiger partial charge in [0.2, 0.25) is 0 Å². The number of nitrogens with one attached hydrogen (secondary N) is 1. The third-order valence-electron chi connectivity index (χ3n) is 3.17. The summed E-state index contributed by atoms with van der Waals surface area (Å²) in [5, 5.41) is 3.53. The van der Waals surface area contributed by atoms with Crippen LogP contribution >= 0.6 is 23.2 Å². The van der Waals surface area contributed by atoms with Crippen molar-refractivity contribution in [3.05, 3.63) is 57.1 Å². The molecule has 23 heavy (non-hydrogen) atoms. The number of halogens is 2. The Labute approximate surface area is 145 Å². The Balaban J connectivity index is 2.29. The summed E-state index contributed by atoms with van der Waals surface area (Å²) in [6, 6.07) is 8.76. The van der Waals surface area contributed by atoms with E-state index in [9.17, 15) is 4.79 Å². The number of ether oxygens (including phenoxy) is 1. The summed E-state index contributed by atoms with van der Waals surface area (Å²) in [4.78, 5) is 15.8. The van der Waals surface area contributed by atoms with Crippen LogP contribution in [-0.2, 0) is 0 Å². The van der Waals surface area contributed by atoms with E-state index in [1.807, 2.05) is 19.9 Å². The van der Waals surface area contributed by atoms with Gasteiger partial charge in [0.15, 0.2) is 0 Å². The van der Waals surface area contributed by atoms with Crippen LogP contribution in [0.1, 0.15) is 16.7 Å². The summed E-state index contributed by atoms with van der Waals surface area (Å²) in [5.74, 6) is 0.475. The molecule has 1 amide bonds. The van der Waals surface area contributed by atoms with Crippen LogP contribution in [-0.4, -0.2) is 19.4 Å². The maximum absolute atomic E-state index is 11.3. The fourth-order valence-electron chi connectivity index (χ4n) is 2.08. The van der Waals surface area contributed by atoms with Gasteiger partial charge in [0.25, 0.3) is 0 Å². The zero-order valence-electron chi connectivity index (χ0n) is 13.0. The SMILES string of the molecule is CNC(=O)Oc1cc(C)c(/N=C/c2ccc(Cl)cc2Cl)c(C)c1. The molecule has 0 unspecified atom stereocenters. The summed E-state index contributed by atoms with van der Waals surface area (Å²) in [5.41, 5.74) is 3.37. The summed E-state index contributed by atoms with van der Waals surface area (Å²) >= 11 is 12.0. The van der Waals surface area contributed by atoms with Gasteiger partial charge in [-0.1, -0.05) is 29.3 Å². The topological polar surface area (TPSA) is 50.7 Å². The van der Waals surface area contributed by atoms with Gasteiger partial charge in [-0.3, -0.25) is 4.99 Å². The van der Waals surface area contributed by atoms with Crippen molar-refractivity contribution in [3.8, 4) is 5.75 Å². The lowest BCUT2D eigenvalue weighted by atomic mass is 10.1. The maximum Gasteiger partial charge on any atom is 0.412 e. The Morgan fingerprint density at radius 1 is 1.17 bits per heavy atom. The van der Waals surface area contributed by atoms with Crippen LogP contribution in [0.5, 0.6) is 5.75 Å². The van der Waals surface area contributed by atoms with E-state index in [4.69, 9.17) is 27.9 Å². The Bertz CT molecular complexity index is 750. The van der Waals surface area contributed by atoms with E-state index >= 15 is 0 Å². The van der Waals surface area contributed by atoms with Gasteiger partial charge in [-0.25, -0.2) is 4.79 Å². The Kier molecular flexibility index (Phi) is 5.64. The summed E-state index contributed by atoms with van der Waals surface area (Å²) in [6.45, 7) is 3.81. The van der Waals surface area contributed by atoms with Crippen molar-refractivity contribution in [2.45, 2.75) is 13.8 Å². The zero-order valence-corrected chi connectivity index (χ0v) is 14.5. The largest absolute Gasteiger partial charge is 0.412 e. The van der Waals surface area contributed by atoms with E-state index in [2.05, 4.69) is 10.3 Å². The fraction of sp³-hybridized carbons (Fsp3) is 0.176. The second kappa shape index (κ2) is 7.49. The highest BCUT2D eigenvalue weighted by Crippen LogP contribution is 2.29. The molecule has 0 saturated heterocycles. The number of nitrogens with zero attached hydrogens (tertiary/aromatic N) is 1. The van der Waals surface area contributed by atoms with Crippen LogP contribution < -0.4 is 10.1 Å². The van der Waals surface area contributed by atoms with Crippen molar-refractivity contribution >= 4 is 41.2 Å². The van der Waals surface area contributed by atoms with E-state index in [-0.39, 0.29) is 0 Å². The first kappa shape index (κ1) is 17.3. The molecule has 4 nitrogen and oxygen atoms in total. The molecule has 120 valence electrons. The lowest BCUT2D eigenvalue weighted by molar-refractivity contribution is 0.203. The minimum atomic E-state index is -0.506. The van der Waals surface area contributed by atoms with E-state index in [1.165, 1.54) is 7.05 Å². The van der Waals surface area contributed by atoms with Gasteiger partial charge in [-0.05, 0) is 49.2 Å². The van der Waals surface area contributed by atoms with Gasteiger partial charge in [-0.15, -0.1) is 0 Å². The first-order valence-corrected chi connectivity index (χ1v) is 7.66. The monoisotopic (exact) mass is 350 g/mol. The van der Waals surface area contributed by atoms with Gasteiger partial charge in [0.05, 0.1) is 10.7 Å². The third kappa shape index (κ3) is 4.47. The van der Waals surface area contributed by atoms with Gasteiger partial charge in [0, 0.05) is 23.8 Å². The van der Waals surface area contributed by atoms with E-state index in [0.29, 0.717) is 15.8 Å². The molecular weight excluding hydrogens is 335 g/mol. The molecule has 0 fully saturated rings. The van der Waals surface area contributed by atoms with Crippen molar-refractivity contribution in [2.24, 2.45) is 4.99 Å². The molecule has 0 heterocycles. The van der Waals surface area contributed by atoms with Crippen LogP contribution in [0.15, 0.2) is 35.3 Å². The van der Waals surface area contributed by atoms with Crippen LogP contribution in [0.3, 0.4) is 0 Å². The molecule has 2 aromatic rings.